The number of aryl methyl sites for hydroxylation is 1. The van der Waals surface area contributed by atoms with Gasteiger partial charge in [0.05, 0.1) is 22.5 Å². The van der Waals surface area contributed by atoms with Gasteiger partial charge < -0.3 is 4.84 Å². The molecule has 0 bridgehead atoms. The lowest BCUT2D eigenvalue weighted by Crippen LogP contribution is -2.32. The van der Waals surface area contributed by atoms with Crippen molar-refractivity contribution in [1.82, 2.24) is 14.8 Å². The fourth-order valence-corrected chi connectivity index (χ4v) is 4.46. The fraction of sp³-hybridized carbons (Fsp3) is 0.0476. The highest BCUT2D eigenvalue weighted by atomic mass is 35.5. The van der Waals surface area contributed by atoms with Gasteiger partial charge in [0.2, 0.25) is 0 Å². The Balaban J connectivity index is 1.47. The van der Waals surface area contributed by atoms with E-state index in [-0.39, 0.29) is 16.0 Å². The molecule has 0 saturated heterocycles. The van der Waals surface area contributed by atoms with Crippen LogP contribution in [0.3, 0.4) is 0 Å². The largest absolute Gasteiger partial charge is 0.373 e. The Morgan fingerprint density at radius 3 is 2.30 bits per heavy atom. The van der Waals surface area contributed by atoms with Crippen molar-refractivity contribution in [2.24, 2.45) is 0 Å². The minimum atomic E-state index is -0.784. The molecule has 2 amide bonds. The Morgan fingerprint density at radius 1 is 1.03 bits per heavy atom. The molecule has 0 spiro atoms. The maximum absolute atomic E-state index is 12.7. The maximum atomic E-state index is 12.7. The quantitative estimate of drug-likeness (QED) is 0.443. The Bertz CT molecular complexity index is 1320. The van der Waals surface area contributed by atoms with Crippen molar-refractivity contribution in [2.45, 2.75) is 6.92 Å². The van der Waals surface area contributed by atoms with Crippen LogP contribution < -0.4 is 0 Å². The van der Waals surface area contributed by atoms with Crippen molar-refractivity contribution < 1.29 is 19.2 Å². The van der Waals surface area contributed by atoms with E-state index in [0.29, 0.717) is 10.1 Å². The molecule has 2 aromatic heterocycles. The Labute approximate surface area is 179 Å². The lowest BCUT2D eigenvalue weighted by Gasteiger charge is -2.11. The molecule has 30 heavy (non-hydrogen) atoms. The highest BCUT2D eigenvalue weighted by Crippen LogP contribution is 2.32. The summed E-state index contributed by atoms with van der Waals surface area (Å²) in [6, 6.07) is 15.1. The van der Waals surface area contributed by atoms with E-state index >= 15 is 0 Å². The first kappa shape index (κ1) is 18.5. The number of carbonyl (C=O) groups excluding carboxylic acids is 3. The standard InChI is InChI=1S/C21H12ClN3O4S/c1-11-16-10-17(30-20(16)24(23-11)13-8-6-12(22)7-9-13)21(28)29-25-18(26)14-4-2-3-5-15(14)19(25)27/h2-10H,1H3. The molecule has 1 aliphatic heterocycles. The predicted molar refractivity (Wildman–Crippen MR) is 111 cm³/mol. The van der Waals surface area contributed by atoms with Crippen LogP contribution in [-0.2, 0) is 4.84 Å². The summed E-state index contributed by atoms with van der Waals surface area (Å²) in [5, 5.41) is 6.42. The molecule has 2 aromatic carbocycles. The minimum Gasteiger partial charge on any atom is -0.323 e. The number of aromatic nitrogens is 2. The van der Waals surface area contributed by atoms with Crippen LogP contribution in [0.4, 0.5) is 0 Å². The summed E-state index contributed by atoms with van der Waals surface area (Å²) >= 11 is 7.12. The van der Waals surface area contributed by atoms with E-state index in [1.165, 1.54) is 23.5 Å². The van der Waals surface area contributed by atoms with Crippen molar-refractivity contribution in [3.05, 3.63) is 81.3 Å². The minimum absolute atomic E-state index is 0.209. The lowest BCUT2D eigenvalue weighted by atomic mass is 10.1. The number of fused-ring (bicyclic) bond motifs is 2. The van der Waals surface area contributed by atoms with E-state index in [1.54, 1.807) is 35.0 Å². The van der Waals surface area contributed by atoms with Crippen LogP contribution in [0.5, 0.6) is 0 Å². The summed E-state index contributed by atoms with van der Waals surface area (Å²) in [5.41, 5.74) is 1.94. The van der Waals surface area contributed by atoms with Crippen molar-refractivity contribution in [3.63, 3.8) is 0 Å². The molecule has 1 aliphatic rings. The van der Waals surface area contributed by atoms with Gasteiger partial charge in [-0.1, -0.05) is 28.8 Å². The average Bonchev–Trinajstić information content (AvgIpc) is 3.38. The van der Waals surface area contributed by atoms with Gasteiger partial charge in [-0.15, -0.1) is 11.3 Å². The number of halogens is 1. The summed E-state index contributed by atoms with van der Waals surface area (Å²) in [7, 11) is 0. The number of hydrogen-bond acceptors (Lipinski definition) is 6. The van der Waals surface area contributed by atoms with Gasteiger partial charge >= 0.3 is 5.97 Å². The normalized spacial score (nSPS) is 13.2. The lowest BCUT2D eigenvalue weighted by molar-refractivity contribution is -0.0581. The predicted octanol–water partition coefficient (Wildman–Crippen LogP) is 4.42. The first-order chi connectivity index (χ1) is 14.4. The van der Waals surface area contributed by atoms with Crippen LogP contribution in [0.15, 0.2) is 54.6 Å². The Kier molecular flexibility index (Phi) is 4.19. The van der Waals surface area contributed by atoms with Crippen LogP contribution in [0.25, 0.3) is 15.9 Å². The van der Waals surface area contributed by atoms with Crippen LogP contribution in [0, 0.1) is 6.92 Å². The third-order valence-corrected chi connectivity index (χ3v) is 6.09. The second-order valence-electron chi connectivity index (χ2n) is 6.63. The number of carbonyl (C=O) groups is 3. The van der Waals surface area contributed by atoms with Gasteiger partial charge in [-0.25, -0.2) is 9.48 Å². The zero-order valence-electron chi connectivity index (χ0n) is 15.5. The molecular weight excluding hydrogens is 426 g/mol. The van der Waals surface area contributed by atoms with Gasteiger partial charge in [-0.3, -0.25) is 9.59 Å². The molecule has 0 fully saturated rings. The monoisotopic (exact) mass is 437 g/mol. The van der Waals surface area contributed by atoms with E-state index in [1.807, 2.05) is 19.1 Å². The van der Waals surface area contributed by atoms with E-state index in [0.717, 1.165) is 21.6 Å². The molecule has 0 aliphatic carbocycles. The van der Waals surface area contributed by atoms with Crippen LogP contribution >= 0.6 is 22.9 Å². The molecule has 5 rings (SSSR count). The number of nitrogens with zero attached hydrogens (tertiary/aromatic N) is 3. The van der Waals surface area contributed by atoms with Crippen LogP contribution in [-0.4, -0.2) is 32.6 Å². The number of hydrogen-bond donors (Lipinski definition) is 0. The molecular formula is C21H12ClN3O4S. The SMILES string of the molecule is Cc1nn(-c2ccc(Cl)cc2)c2sc(C(=O)ON3C(=O)c4ccccc4C3=O)cc12. The van der Waals surface area contributed by atoms with Crippen LogP contribution in [0.2, 0.25) is 5.02 Å². The van der Waals surface area contributed by atoms with Gasteiger partial charge in [-0.05, 0) is 49.4 Å². The Hall–Kier alpha value is -3.49. The van der Waals surface area contributed by atoms with Gasteiger partial charge in [0.25, 0.3) is 11.8 Å². The van der Waals surface area contributed by atoms with Crippen molar-refractivity contribution in [3.8, 4) is 5.69 Å². The van der Waals surface area contributed by atoms with E-state index in [9.17, 15) is 14.4 Å². The van der Waals surface area contributed by atoms with Gasteiger partial charge in [0, 0.05) is 10.4 Å². The van der Waals surface area contributed by atoms with E-state index < -0.39 is 17.8 Å². The van der Waals surface area contributed by atoms with Gasteiger partial charge in [0.15, 0.2) is 0 Å². The van der Waals surface area contributed by atoms with E-state index in [2.05, 4.69) is 5.10 Å². The number of thiophene rings is 1. The molecule has 148 valence electrons. The smallest absolute Gasteiger partial charge is 0.323 e. The Morgan fingerprint density at radius 2 is 1.67 bits per heavy atom. The molecule has 0 radical (unpaired) electrons. The summed E-state index contributed by atoms with van der Waals surface area (Å²) in [6.07, 6.45) is 0. The first-order valence-electron chi connectivity index (χ1n) is 8.89. The molecule has 0 atom stereocenters. The molecule has 0 unspecified atom stereocenters. The molecule has 0 N–H and O–H groups in total. The molecule has 9 heteroatoms. The molecule has 4 aromatic rings. The third-order valence-electron chi connectivity index (χ3n) is 4.75. The topological polar surface area (TPSA) is 81.5 Å². The summed E-state index contributed by atoms with van der Waals surface area (Å²) in [4.78, 5) is 43.7. The maximum Gasteiger partial charge on any atom is 0.373 e. The molecule has 3 heterocycles. The van der Waals surface area contributed by atoms with Gasteiger partial charge in [0.1, 0.15) is 9.71 Å². The summed E-state index contributed by atoms with van der Waals surface area (Å²) < 4.78 is 1.71. The zero-order chi connectivity index (χ0) is 21.0. The number of hydroxylamine groups is 2. The summed E-state index contributed by atoms with van der Waals surface area (Å²) in [6.45, 7) is 1.83. The zero-order valence-corrected chi connectivity index (χ0v) is 17.0. The fourth-order valence-electron chi connectivity index (χ4n) is 3.28. The van der Waals surface area contributed by atoms with Crippen molar-refractivity contribution in [1.29, 1.82) is 0 Å². The van der Waals surface area contributed by atoms with Gasteiger partial charge in [-0.2, -0.15) is 5.10 Å². The average molecular weight is 438 g/mol. The van der Waals surface area contributed by atoms with E-state index in [4.69, 9.17) is 16.4 Å². The first-order valence-corrected chi connectivity index (χ1v) is 10.1. The van der Waals surface area contributed by atoms with Crippen molar-refractivity contribution >= 4 is 50.9 Å². The van der Waals surface area contributed by atoms with Crippen molar-refractivity contribution in [2.75, 3.05) is 0 Å². The molecule has 7 nitrogen and oxygen atoms in total. The number of rotatable bonds is 3. The number of imide groups is 1. The number of benzene rings is 2. The second kappa shape index (κ2) is 6.79. The highest BCUT2D eigenvalue weighted by molar-refractivity contribution is 7.20. The third kappa shape index (κ3) is 2.80. The summed E-state index contributed by atoms with van der Waals surface area (Å²) in [5.74, 6) is -2.10. The number of amides is 2. The highest BCUT2D eigenvalue weighted by Gasteiger charge is 2.39. The van der Waals surface area contributed by atoms with Crippen LogP contribution in [0.1, 0.15) is 36.1 Å². The molecule has 0 saturated carbocycles. The second-order valence-corrected chi connectivity index (χ2v) is 8.10.